The zero-order chi connectivity index (χ0) is 19.5. The maximum absolute atomic E-state index is 12.7. The molecular formula is C20H26N4O3S. The molecule has 1 aromatic carbocycles. The number of imide groups is 1. The Balaban J connectivity index is 1.30. The first kappa shape index (κ1) is 19.3. The smallest absolute Gasteiger partial charge is 0.289 e. The highest BCUT2D eigenvalue weighted by Crippen LogP contribution is 2.22. The van der Waals surface area contributed by atoms with E-state index in [1.807, 2.05) is 11.0 Å². The lowest BCUT2D eigenvalue weighted by molar-refractivity contribution is -0.138. The van der Waals surface area contributed by atoms with Crippen LogP contribution < -0.4 is 4.90 Å². The molecule has 0 aliphatic carbocycles. The van der Waals surface area contributed by atoms with Crippen molar-refractivity contribution in [1.82, 2.24) is 14.7 Å². The lowest BCUT2D eigenvalue weighted by Gasteiger charge is -2.44. The van der Waals surface area contributed by atoms with Crippen LogP contribution in [0.25, 0.3) is 0 Å². The molecule has 0 aromatic heterocycles. The normalized spacial score (nSPS) is 24.1. The molecule has 0 N–H and O–H groups in total. The van der Waals surface area contributed by atoms with Gasteiger partial charge >= 0.3 is 0 Å². The van der Waals surface area contributed by atoms with Gasteiger partial charge in [0.15, 0.2) is 0 Å². The minimum Gasteiger partial charge on any atom is -0.369 e. The van der Waals surface area contributed by atoms with Crippen LogP contribution in [0, 0.1) is 0 Å². The predicted molar refractivity (Wildman–Crippen MR) is 109 cm³/mol. The molecule has 3 heterocycles. The number of carbonyl (C=O) groups excluding carboxylic acids is 3. The Bertz CT molecular complexity index is 720. The standard InChI is InChI=1S/C20H26N4O3S/c25-18(14-24-19(26)15-28-20(24)27)23-8-4-7-17(13-23)22-11-9-21(10-12-22)16-5-2-1-3-6-16/h1-3,5-6,17H,4,7-15H2/t17-/m1/s1. The van der Waals surface area contributed by atoms with Crippen LogP contribution in [-0.2, 0) is 9.59 Å². The topological polar surface area (TPSA) is 64.2 Å². The summed E-state index contributed by atoms with van der Waals surface area (Å²) in [6, 6.07) is 10.8. The molecule has 8 heteroatoms. The number of piperidine rings is 1. The molecule has 4 rings (SSSR count). The summed E-state index contributed by atoms with van der Waals surface area (Å²) in [7, 11) is 0. The van der Waals surface area contributed by atoms with E-state index in [0.29, 0.717) is 19.1 Å². The first-order valence-electron chi connectivity index (χ1n) is 9.91. The maximum atomic E-state index is 12.7. The first-order valence-corrected chi connectivity index (χ1v) is 10.9. The summed E-state index contributed by atoms with van der Waals surface area (Å²) >= 11 is 0.978. The highest BCUT2D eigenvalue weighted by molar-refractivity contribution is 8.14. The average Bonchev–Trinajstić information content (AvgIpc) is 3.06. The van der Waals surface area contributed by atoms with Crippen LogP contribution >= 0.6 is 11.8 Å². The summed E-state index contributed by atoms with van der Waals surface area (Å²) in [5.74, 6) is -0.216. The molecule has 1 atom stereocenters. The van der Waals surface area contributed by atoms with Crippen LogP contribution in [0.15, 0.2) is 30.3 Å². The largest absolute Gasteiger partial charge is 0.369 e. The van der Waals surface area contributed by atoms with Crippen molar-refractivity contribution in [2.24, 2.45) is 0 Å². The Hall–Kier alpha value is -2.06. The van der Waals surface area contributed by atoms with Gasteiger partial charge < -0.3 is 9.80 Å². The number of rotatable bonds is 4. The molecule has 0 bridgehead atoms. The molecule has 0 saturated carbocycles. The Morgan fingerprint density at radius 2 is 1.79 bits per heavy atom. The quantitative estimate of drug-likeness (QED) is 0.761. The SMILES string of the molecule is O=C(CN1C(=O)CSC1=O)N1CCC[C@@H](N2CCN(c3ccccc3)CC2)C1. The fourth-order valence-corrected chi connectivity index (χ4v) is 4.96. The van der Waals surface area contributed by atoms with Crippen LogP contribution in [0.4, 0.5) is 10.5 Å². The molecule has 3 amide bonds. The fourth-order valence-electron chi connectivity index (χ4n) is 4.23. The van der Waals surface area contributed by atoms with Crippen LogP contribution in [0.2, 0.25) is 0 Å². The van der Waals surface area contributed by atoms with Gasteiger partial charge in [-0.05, 0) is 25.0 Å². The van der Waals surface area contributed by atoms with Gasteiger partial charge in [0.25, 0.3) is 5.24 Å². The number of hydrogen-bond donors (Lipinski definition) is 0. The van der Waals surface area contributed by atoms with Crippen molar-refractivity contribution in [1.29, 1.82) is 0 Å². The van der Waals surface area contributed by atoms with Gasteiger partial charge in [-0.1, -0.05) is 30.0 Å². The van der Waals surface area contributed by atoms with E-state index in [-0.39, 0.29) is 29.4 Å². The van der Waals surface area contributed by atoms with Crippen LogP contribution in [0.3, 0.4) is 0 Å². The monoisotopic (exact) mass is 402 g/mol. The van der Waals surface area contributed by atoms with Crippen molar-refractivity contribution < 1.29 is 14.4 Å². The molecule has 28 heavy (non-hydrogen) atoms. The summed E-state index contributed by atoms with van der Waals surface area (Å²) in [6.45, 7) is 5.24. The molecule has 1 aromatic rings. The number of carbonyl (C=O) groups is 3. The van der Waals surface area contributed by atoms with Crippen LogP contribution in [0.1, 0.15) is 12.8 Å². The highest BCUT2D eigenvalue weighted by Gasteiger charge is 2.35. The van der Waals surface area contributed by atoms with E-state index in [0.717, 1.165) is 55.7 Å². The number of amides is 3. The van der Waals surface area contributed by atoms with Crippen molar-refractivity contribution in [3.63, 3.8) is 0 Å². The Kier molecular flexibility index (Phi) is 5.87. The lowest BCUT2D eigenvalue weighted by atomic mass is 10.0. The molecule has 3 aliphatic rings. The van der Waals surface area contributed by atoms with Gasteiger partial charge in [0, 0.05) is 51.0 Å². The second-order valence-electron chi connectivity index (χ2n) is 7.53. The molecule has 0 radical (unpaired) electrons. The maximum Gasteiger partial charge on any atom is 0.289 e. The number of nitrogens with zero attached hydrogens (tertiary/aromatic N) is 4. The van der Waals surface area contributed by atoms with Crippen molar-refractivity contribution >= 4 is 34.5 Å². The Morgan fingerprint density at radius 1 is 1.04 bits per heavy atom. The van der Waals surface area contributed by atoms with Gasteiger partial charge in [0.05, 0.1) is 5.75 Å². The number of hydrogen-bond acceptors (Lipinski definition) is 6. The highest BCUT2D eigenvalue weighted by atomic mass is 32.2. The van der Waals surface area contributed by atoms with Gasteiger partial charge in [-0.25, -0.2) is 0 Å². The average molecular weight is 403 g/mol. The van der Waals surface area contributed by atoms with Crippen molar-refractivity contribution in [2.75, 3.05) is 56.5 Å². The summed E-state index contributed by atoms with van der Waals surface area (Å²) in [6.07, 6.45) is 2.05. The van der Waals surface area contributed by atoms with E-state index >= 15 is 0 Å². The van der Waals surface area contributed by atoms with Gasteiger partial charge in [0.1, 0.15) is 6.54 Å². The second-order valence-corrected chi connectivity index (χ2v) is 8.46. The van der Waals surface area contributed by atoms with E-state index in [4.69, 9.17) is 0 Å². The predicted octanol–water partition coefficient (Wildman–Crippen LogP) is 1.49. The molecule has 3 aliphatic heterocycles. The molecule has 3 saturated heterocycles. The number of thioether (sulfide) groups is 1. The number of benzene rings is 1. The second kappa shape index (κ2) is 8.53. The van der Waals surface area contributed by atoms with Gasteiger partial charge in [-0.15, -0.1) is 0 Å². The minimum absolute atomic E-state index is 0.112. The number of piperazine rings is 1. The molecular weight excluding hydrogens is 376 g/mol. The molecule has 3 fully saturated rings. The fraction of sp³-hybridized carbons (Fsp3) is 0.550. The van der Waals surface area contributed by atoms with E-state index in [2.05, 4.69) is 34.1 Å². The number of para-hydroxylation sites is 1. The van der Waals surface area contributed by atoms with Crippen LogP contribution in [0.5, 0.6) is 0 Å². The summed E-state index contributed by atoms with van der Waals surface area (Å²) < 4.78 is 0. The minimum atomic E-state index is -0.302. The third-order valence-electron chi connectivity index (χ3n) is 5.84. The molecule has 150 valence electrons. The van der Waals surface area contributed by atoms with E-state index < -0.39 is 0 Å². The third kappa shape index (κ3) is 4.17. The third-order valence-corrected chi connectivity index (χ3v) is 6.69. The van der Waals surface area contributed by atoms with E-state index in [9.17, 15) is 14.4 Å². The zero-order valence-electron chi connectivity index (χ0n) is 16.0. The molecule has 0 unspecified atom stereocenters. The number of likely N-dealkylation sites (tertiary alicyclic amines) is 1. The first-order chi connectivity index (χ1) is 13.6. The Morgan fingerprint density at radius 3 is 2.46 bits per heavy atom. The molecule has 7 nitrogen and oxygen atoms in total. The van der Waals surface area contributed by atoms with Crippen molar-refractivity contribution in [3.05, 3.63) is 30.3 Å². The van der Waals surface area contributed by atoms with E-state index in [1.54, 1.807) is 0 Å². The van der Waals surface area contributed by atoms with Crippen LogP contribution in [-0.4, -0.2) is 89.4 Å². The Labute approximate surface area is 169 Å². The lowest BCUT2D eigenvalue weighted by Crippen LogP contribution is -2.56. The zero-order valence-corrected chi connectivity index (χ0v) is 16.8. The summed E-state index contributed by atoms with van der Waals surface area (Å²) in [5.41, 5.74) is 1.26. The van der Waals surface area contributed by atoms with E-state index in [1.165, 1.54) is 5.69 Å². The van der Waals surface area contributed by atoms with Crippen molar-refractivity contribution in [3.8, 4) is 0 Å². The summed E-state index contributed by atoms with van der Waals surface area (Å²) in [4.78, 5) is 44.0. The molecule has 0 spiro atoms. The number of anilines is 1. The summed E-state index contributed by atoms with van der Waals surface area (Å²) in [5, 5.41) is -0.302. The van der Waals surface area contributed by atoms with Gasteiger partial charge in [-0.3, -0.25) is 24.2 Å². The van der Waals surface area contributed by atoms with Crippen molar-refractivity contribution in [2.45, 2.75) is 18.9 Å². The van der Waals surface area contributed by atoms with Gasteiger partial charge in [-0.2, -0.15) is 0 Å². The van der Waals surface area contributed by atoms with Gasteiger partial charge in [0.2, 0.25) is 11.8 Å².